The molecule has 1 aliphatic rings. The molecule has 2 rings (SSSR count). The summed E-state index contributed by atoms with van der Waals surface area (Å²) in [4.78, 5) is 0.519. The molecule has 0 saturated heterocycles. The third kappa shape index (κ3) is 1.38. The third-order valence-corrected chi connectivity index (χ3v) is 2.14. The van der Waals surface area contributed by atoms with Crippen LogP contribution >= 0.6 is 23.4 Å². The Morgan fingerprint density at radius 2 is 2.23 bits per heavy atom. The number of hydrogen-bond donors (Lipinski definition) is 1. The Morgan fingerprint density at radius 1 is 1.46 bits per heavy atom. The van der Waals surface area contributed by atoms with Crippen molar-refractivity contribution in [2.75, 3.05) is 0 Å². The van der Waals surface area contributed by atoms with E-state index in [1.807, 2.05) is 0 Å². The number of rotatable bonds is 0. The van der Waals surface area contributed by atoms with Crippen LogP contribution in [0.4, 0.5) is 0 Å². The van der Waals surface area contributed by atoms with Crippen molar-refractivity contribution in [2.45, 2.75) is 0 Å². The van der Waals surface area contributed by atoms with Gasteiger partial charge in [-0.05, 0) is 12.1 Å². The summed E-state index contributed by atoms with van der Waals surface area (Å²) < 4.78 is 1.05. The van der Waals surface area contributed by atoms with Gasteiger partial charge in [0.05, 0.1) is 11.4 Å². The van der Waals surface area contributed by atoms with Gasteiger partial charge in [-0.2, -0.15) is 4.53 Å². The summed E-state index contributed by atoms with van der Waals surface area (Å²) in [5.41, 5.74) is 2.31. The average Bonchev–Trinajstić information content (AvgIpc) is 2.02. The van der Waals surface area contributed by atoms with Crippen LogP contribution in [0.1, 0.15) is 0 Å². The molecule has 0 radical (unpaired) electrons. The zero-order chi connectivity index (χ0) is 9.42. The van der Waals surface area contributed by atoms with E-state index in [0.29, 0.717) is 20.4 Å². The molecule has 0 spiro atoms. The minimum Gasteiger partial charge on any atom is -0.594 e. The number of benzene rings is 1. The first-order chi connectivity index (χ1) is 6.18. The van der Waals surface area contributed by atoms with E-state index in [9.17, 15) is 5.21 Å². The molecule has 0 bridgehead atoms. The van der Waals surface area contributed by atoms with E-state index in [0.717, 1.165) is 4.53 Å². The van der Waals surface area contributed by atoms with Crippen LogP contribution in [0.25, 0.3) is 6.20 Å². The van der Waals surface area contributed by atoms with Gasteiger partial charge in [0.15, 0.2) is 0 Å². The molecule has 0 aliphatic carbocycles. The van der Waals surface area contributed by atoms with Gasteiger partial charge in [-0.15, -0.1) is 0 Å². The molecular weight excluding hydrogens is 213 g/mol. The zero-order valence-corrected chi connectivity index (χ0v) is 7.88. The first-order valence-electron chi connectivity index (χ1n) is 3.50. The Hall–Kier alpha value is -1.13. The predicted octanol–water partition coefficient (Wildman–Crippen LogP) is -0.0441. The SMILES string of the molecule is [O-][N+]1=c2c(Cl)cccc2=CN(Cl)N1. The van der Waals surface area contributed by atoms with Crippen molar-refractivity contribution >= 4 is 29.6 Å². The van der Waals surface area contributed by atoms with E-state index >= 15 is 0 Å². The topological polar surface area (TPSA) is 41.3 Å². The molecule has 0 atom stereocenters. The molecule has 0 aromatic heterocycles. The normalized spacial score (nSPS) is 14.6. The molecule has 1 aromatic carbocycles. The first kappa shape index (κ1) is 8.47. The quantitative estimate of drug-likeness (QED) is 0.377. The number of hydrazine groups is 2. The van der Waals surface area contributed by atoms with Gasteiger partial charge >= 0.3 is 0 Å². The molecule has 6 heteroatoms. The van der Waals surface area contributed by atoms with Crippen molar-refractivity contribution in [3.05, 3.63) is 39.0 Å². The van der Waals surface area contributed by atoms with Crippen molar-refractivity contribution in [3.8, 4) is 0 Å². The van der Waals surface area contributed by atoms with Crippen molar-refractivity contribution < 1.29 is 0 Å². The Labute approximate surface area is 83.9 Å². The Kier molecular flexibility index (Phi) is 1.94. The monoisotopic (exact) mass is 217 g/mol. The van der Waals surface area contributed by atoms with Gasteiger partial charge in [-0.1, -0.05) is 28.0 Å². The molecule has 0 amide bonds. The van der Waals surface area contributed by atoms with E-state index in [1.54, 1.807) is 24.4 Å². The highest BCUT2D eigenvalue weighted by molar-refractivity contribution is 6.30. The maximum absolute atomic E-state index is 11.3. The van der Waals surface area contributed by atoms with E-state index < -0.39 is 0 Å². The van der Waals surface area contributed by atoms with Crippen molar-refractivity contribution in [3.63, 3.8) is 0 Å². The molecule has 68 valence electrons. The van der Waals surface area contributed by atoms with Gasteiger partial charge < -0.3 is 5.21 Å². The minimum absolute atomic E-state index is 0.376. The van der Waals surface area contributed by atoms with Crippen LogP contribution in [0, 0.1) is 5.21 Å². The van der Waals surface area contributed by atoms with Crippen LogP contribution in [0.2, 0.25) is 5.02 Å². The molecule has 1 aliphatic heterocycles. The summed E-state index contributed by atoms with van der Waals surface area (Å²) in [6, 6.07) is 5.15. The second-order valence-corrected chi connectivity index (χ2v) is 3.28. The highest BCUT2D eigenvalue weighted by atomic mass is 35.5. The van der Waals surface area contributed by atoms with Crippen LogP contribution in [0.5, 0.6) is 0 Å². The molecule has 1 aromatic rings. The van der Waals surface area contributed by atoms with E-state index in [2.05, 4.69) is 5.53 Å². The Balaban J connectivity index is 2.88. The number of para-hydroxylation sites is 1. The standard InChI is InChI=1S/C7H5Cl2N3O/c8-6-3-1-2-5-4-11(9)10-12(13)7(5)6/h1-4,10H. The highest BCUT2D eigenvalue weighted by Gasteiger charge is 2.11. The predicted molar refractivity (Wildman–Crippen MR) is 50.6 cm³/mol. The number of fused-ring (bicyclic) bond motifs is 1. The molecule has 1 N–H and O–H groups in total. The molecule has 0 unspecified atom stereocenters. The number of halogens is 2. The van der Waals surface area contributed by atoms with Gasteiger partial charge in [-0.3, -0.25) is 0 Å². The van der Waals surface area contributed by atoms with Crippen molar-refractivity contribution in [1.29, 1.82) is 0 Å². The highest BCUT2D eigenvalue weighted by Crippen LogP contribution is 1.98. The molecule has 1 heterocycles. The van der Waals surface area contributed by atoms with Crippen LogP contribution < -0.4 is 21.0 Å². The van der Waals surface area contributed by atoms with E-state index in [1.165, 1.54) is 0 Å². The lowest BCUT2D eigenvalue weighted by Crippen LogP contribution is -2.53. The Morgan fingerprint density at radius 3 is 3.00 bits per heavy atom. The summed E-state index contributed by atoms with van der Waals surface area (Å²) >= 11 is 11.4. The van der Waals surface area contributed by atoms with Gasteiger partial charge in [-0.25, -0.2) is 0 Å². The van der Waals surface area contributed by atoms with Crippen molar-refractivity contribution in [1.82, 2.24) is 14.9 Å². The average molecular weight is 218 g/mol. The summed E-state index contributed by atoms with van der Waals surface area (Å²) in [5, 5.41) is 12.7. The zero-order valence-electron chi connectivity index (χ0n) is 6.37. The first-order valence-corrected chi connectivity index (χ1v) is 4.22. The summed E-state index contributed by atoms with van der Waals surface area (Å²) in [6.45, 7) is 0. The largest absolute Gasteiger partial charge is 0.594 e. The summed E-state index contributed by atoms with van der Waals surface area (Å²) in [6.07, 6.45) is 1.57. The van der Waals surface area contributed by atoms with Crippen LogP contribution in [0.3, 0.4) is 0 Å². The molecule has 4 nitrogen and oxygen atoms in total. The fourth-order valence-electron chi connectivity index (χ4n) is 1.14. The van der Waals surface area contributed by atoms with Gasteiger partial charge in [0, 0.05) is 11.8 Å². The fourth-order valence-corrected chi connectivity index (χ4v) is 1.57. The molecule has 0 fully saturated rings. The lowest BCUT2D eigenvalue weighted by Gasteiger charge is -2.14. The molecule has 0 saturated carbocycles. The van der Waals surface area contributed by atoms with Crippen LogP contribution in [0.15, 0.2) is 18.2 Å². The Bertz CT molecular complexity index is 459. The maximum Gasteiger partial charge on any atom is 0.271 e. The fraction of sp³-hybridized carbons (Fsp3) is 0. The van der Waals surface area contributed by atoms with E-state index in [4.69, 9.17) is 23.4 Å². The number of nitrogens with one attached hydrogen (secondary N) is 1. The van der Waals surface area contributed by atoms with Gasteiger partial charge in [0.1, 0.15) is 5.02 Å². The second kappa shape index (κ2) is 2.97. The van der Waals surface area contributed by atoms with Crippen LogP contribution in [-0.2, 0) is 0 Å². The summed E-state index contributed by atoms with van der Waals surface area (Å²) in [5.74, 6) is 0. The second-order valence-electron chi connectivity index (χ2n) is 2.51. The number of nitrogens with zero attached hydrogens (tertiary/aromatic N) is 2. The molecular formula is C7H5Cl2N3O. The minimum atomic E-state index is 0.376. The smallest absolute Gasteiger partial charge is 0.271 e. The third-order valence-electron chi connectivity index (χ3n) is 1.66. The number of hydrogen-bond acceptors (Lipinski definition) is 3. The summed E-state index contributed by atoms with van der Waals surface area (Å²) in [7, 11) is 0. The molecule has 13 heavy (non-hydrogen) atoms. The van der Waals surface area contributed by atoms with Gasteiger partial charge in [0.2, 0.25) is 0 Å². The van der Waals surface area contributed by atoms with Crippen LogP contribution in [-0.4, -0.2) is 4.53 Å². The maximum atomic E-state index is 11.3. The lowest BCUT2D eigenvalue weighted by molar-refractivity contribution is 0.357. The lowest BCUT2D eigenvalue weighted by atomic mass is 10.3. The van der Waals surface area contributed by atoms with Gasteiger partial charge in [0.25, 0.3) is 5.36 Å². The van der Waals surface area contributed by atoms with E-state index in [-0.39, 0.29) is 0 Å². The van der Waals surface area contributed by atoms with Crippen molar-refractivity contribution in [2.24, 2.45) is 0 Å².